The van der Waals surface area contributed by atoms with Gasteiger partial charge in [-0.25, -0.2) is 4.39 Å². The van der Waals surface area contributed by atoms with E-state index in [2.05, 4.69) is 4.98 Å². The molecule has 2 aromatic rings. The third kappa shape index (κ3) is 1.30. The summed E-state index contributed by atoms with van der Waals surface area (Å²) in [6.45, 7) is 3.56. The van der Waals surface area contributed by atoms with Crippen molar-refractivity contribution in [1.29, 1.82) is 0 Å². The number of hydrogen-bond acceptors (Lipinski definition) is 1. The van der Waals surface area contributed by atoms with Gasteiger partial charge in [-0.15, -0.1) is 0 Å². The van der Waals surface area contributed by atoms with Crippen LogP contribution in [0.3, 0.4) is 0 Å². The van der Waals surface area contributed by atoms with E-state index in [4.69, 9.17) is 0 Å². The lowest BCUT2D eigenvalue weighted by Crippen LogP contribution is -1.91. The average molecular weight is 193 g/mol. The van der Waals surface area contributed by atoms with Gasteiger partial charge in [0, 0.05) is 22.2 Å². The van der Waals surface area contributed by atoms with Crippen molar-refractivity contribution in [2.45, 2.75) is 20.0 Å². The molecule has 74 valence electrons. The Hall–Kier alpha value is -1.35. The lowest BCUT2D eigenvalue weighted by Gasteiger charge is -2.03. The number of aliphatic hydroxyl groups is 1. The smallest absolute Gasteiger partial charge is 0.123 e. The Kier molecular flexibility index (Phi) is 2.04. The highest BCUT2D eigenvalue weighted by Gasteiger charge is 2.12. The molecule has 1 heterocycles. The molecule has 0 aliphatic carbocycles. The fourth-order valence-corrected chi connectivity index (χ4v) is 1.86. The monoisotopic (exact) mass is 193 g/mol. The lowest BCUT2D eigenvalue weighted by molar-refractivity contribution is 0.200. The van der Waals surface area contributed by atoms with Gasteiger partial charge in [-0.1, -0.05) is 0 Å². The van der Waals surface area contributed by atoms with Gasteiger partial charge in [0.25, 0.3) is 0 Å². The van der Waals surface area contributed by atoms with Gasteiger partial charge < -0.3 is 10.1 Å². The van der Waals surface area contributed by atoms with Gasteiger partial charge in [-0.05, 0) is 32.0 Å². The summed E-state index contributed by atoms with van der Waals surface area (Å²) in [5.41, 5.74) is 2.53. The van der Waals surface area contributed by atoms with Crippen LogP contribution in [0, 0.1) is 12.7 Å². The van der Waals surface area contributed by atoms with E-state index in [0.717, 1.165) is 22.2 Å². The maximum atomic E-state index is 13.0. The summed E-state index contributed by atoms with van der Waals surface area (Å²) in [5, 5.41) is 10.3. The molecule has 14 heavy (non-hydrogen) atoms. The quantitative estimate of drug-likeness (QED) is 0.717. The Morgan fingerprint density at radius 3 is 2.79 bits per heavy atom. The fourth-order valence-electron chi connectivity index (χ4n) is 1.86. The van der Waals surface area contributed by atoms with Crippen LogP contribution in [0.25, 0.3) is 10.9 Å². The molecule has 2 N–H and O–H groups in total. The number of aliphatic hydroxyl groups excluding tert-OH is 1. The van der Waals surface area contributed by atoms with Crippen LogP contribution in [0.1, 0.15) is 24.3 Å². The van der Waals surface area contributed by atoms with E-state index in [9.17, 15) is 9.50 Å². The fraction of sp³-hybridized carbons (Fsp3) is 0.273. The van der Waals surface area contributed by atoms with Crippen molar-refractivity contribution in [3.05, 3.63) is 35.3 Å². The van der Waals surface area contributed by atoms with E-state index in [-0.39, 0.29) is 5.82 Å². The Labute approximate surface area is 81.4 Å². The van der Waals surface area contributed by atoms with E-state index in [0.29, 0.717) is 0 Å². The first kappa shape index (κ1) is 9.21. The maximum absolute atomic E-state index is 13.0. The van der Waals surface area contributed by atoms with Crippen LogP contribution in [0.5, 0.6) is 0 Å². The number of benzene rings is 1. The number of hydrogen-bond donors (Lipinski definition) is 2. The zero-order valence-electron chi connectivity index (χ0n) is 8.13. The van der Waals surface area contributed by atoms with Crippen molar-refractivity contribution in [3.63, 3.8) is 0 Å². The minimum absolute atomic E-state index is 0.279. The second kappa shape index (κ2) is 3.10. The van der Waals surface area contributed by atoms with Crippen LogP contribution in [0.2, 0.25) is 0 Å². The first-order chi connectivity index (χ1) is 6.59. The topological polar surface area (TPSA) is 36.0 Å². The number of fused-ring (bicyclic) bond motifs is 1. The van der Waals surface area contributed by atoms with Crippen LogP contribution in [-0.4, -0.2) is 10.1 Å². The van der Waals surface area contributed by atoms with Crippen LogP contribution >= 0.6 is 0 Å². The van der Waals surface area contributed by atoms with Gasteiger partial charge in [0.05, 0.1) is 6.10 Å². The summed E-state index contributed by atoms with van der Waals surface area (Å²) in [5.74, 6) is -0.279. The summed E-state index contributed by atoms with van der Waals surface area (Å²) >= 11 is 0. The minimum atomic E-state index is -0.578. The summed E-state index contributed by atoms with van der Waals surface area (Å²) in [7, 11) is 0. The zero-order chi connectivity index (χ0) is 10.3. The molecule has 0 bridgehead atoms. The molecular formula is C11H12FNO. The second-order valence-corrected chi connectivity index (χ2v) is 3.53. The number of aromatic amines is 1. The van der Waals surface area contributed by atoms with Crippen LogP contribution < -0.4 is 0 Å². The van der Waals surface area contributed by atoms with Gasteiger partial charge in [0.2, 0.25) is 0 Å². The minimum Gasteiger partial charge on any atom is -0.389 e. The molecule has 0 spiro atoms. The third-order valence-corrected chi connectivity index (χ3v) is 2.42. The maximum Gasteiger partial charge on any atom is 0.123 e. The Bertz CT molecular complexity index is 473. The molecule has 2 nitrogen and oxygen atoms in total. The van der Waals surface area contributed by atoms with Crippen LogP contribution in [0.4, 0.5) is 4.39 Å². The predicted molar refractivity (Wildman–Crippen MR) is 53.6 cm³/mol. The number of halogens is 1. The van der Waals surface area contributed by atoms with Crippen molar-refractivity contribution in [2.75, 3.05) is 0 Å². The molecule has 0 aliphatic heterocycles. The number of aryl methyl sites for hydroxylation is 1. The zero-order valence-corrected chi connectivity index (χ0v) is 8.13. The standard InChI is InChI=1S/C11H12FNO/c1-6-11(7(2)14)9-5-8(12)3-4-10(9)13-6/h3-5,7,13-14H,1-2H3. The molecule has 2 rings (SSSR count). The number of H-pyrrole nitrogens is 1. The first-order valence-electron chi connectivity index (χ1n) is 4.55. The Morgan fingerprint density at radius 2 is 2.14 bits per heavy atom. The van der Waals surface area contributed by atoms with Crippen molar-refractivity contribution < 1.29 is 9.50 Å². The normalized spacial score (nSPS) is 13.4. The van der Waals surface area contributed by atoms with Gasteiger partial charge in [-0.2, -0.15) is 0 Å². The van der Waals surface area contributed by atoms with Crippen molar-refractivity contribution in [2.24, 2.45) is 0 Å². The molecule has 0 fully saturated rings. The van der Waals surface area contributed by atoms with Crippen molar-refractivity contribution >= 4 is 10.9 Å². The van der Waals surface area contributed by atoms with E-state index in [1.54, 1.807) is 13.0 Å². The highest BCUT2D eigenvalue weighted by Crippen LogP contribution is 2.27. The number of aromatic nitrogens is 1. The van der Waals surface area contributed by atoms with Crippen LogP contribution in [0.15, 0.2) is 18.2 Å². The summed E-state index contributed by atoms with van der Waals surface area (Å²) in [6, 6.07) is 4.54. The van der Waals surface area contributed by atoms with Crippen LogP contribution in [-0.2, 0) is 0 Å². The highest BCUT2D eigenvalue weighted by atomic mass is 19.1. The molecule has 1 atom stereocenters. The molecule has 0 radical (unpaired) electrons. The van der Waals surface area contributed by atoms with Gasteiger partial charge in [-0.3, -0.25) is 0 Å². The van der Waals surface area contributed by atoms with Crippen molar-refractivity contribution in [3.8, 4) is 0 Å². The van der Waals surface area contributed by atoms with Gasteiger partial charge in [0.15, 0.2) is 0 Å². The van der Waals surface area contributed by atoms with E-state index in [1.807, 2.05) is 6.92 Å². The SMILES string of the molecule is Cc1[nH]c2ccc(F)cc2c1C(C)O. The van der Waals surface area contributed by atoms with Crippen molar-refractivity contribution in [1.82, 2.24) is 4.98 Å². The summed E-state index contributed by atoms with van der Waals surface area (Å²) < 4.78 is 13.0. The lowest BCUT2D eigenvalue weighted by atomic mass is 10.1. The Morgan fingerprint density at radius 1 is 1.43 bits per heavy atom. The summed E-state index contributed by atoms with van der Waals surface area (Å²) in [6.07, 6.45) is -0.578. The molecular weight excluding hydrogens is 181 g/mol. The molecule has 1 aromatic carbocycles. The van der Waals surface area contributed by atoms with Gasteiger partial charge in [0.1, 0.15) is 5.82 Å². The number of rotatable bonds is 1. The second-order valence-electron chi connectivity index (χ2n) is 3.53. The summed E-state index contributed by atoms with van der Waals surface area (Å²) in [4.78, 5) is 3.11. The van der Waals surface area contributed by atoms with E-state index in [1.165, 1.54) is 12.1 Å². The Balaban J connectivity index is 2.79. The molecule has 0 saturated carbocycles. The molecule has 3 heteroatoms. The van der Waals surface area contributed by atoms with Gasteiger partial charge >= 0.3 is 0 Å². The van der Waals surface area contributed by atoms with E-state index < -0.39 is 6.10 Å². The first-order valence-corrected chi connectivity index (χ1v) is 4.55. The highest BCUT2D eigenvalue weighted by molar-refractivity contribution is 5.85. The van der Waals surface area contributed by atoms with E-state index >= 15 is 0 Å². The molecule has 0 aliphatic rings. The molecule has 0 saturated heterocycles. The number of nitrogens with one attached hydrogen (secondary N) is 1. The predicted octanol–water partition coefficient (Wildman–Crippen LogP) is 2.67. The largest absolute Gasteiger partial charge is 0.389 e. The molecule has 0 amide bonds. The third-order valence-electron chi connectivity index (χ3n) is 2.42. The molecule has 1 unspecified atom stereocenters. The average Bonchev–Trinajstić information content (AvgIpc) is 2.40. The molecule has 1 aromatic heterocycles.